The van der Waals surface area contributed by atoms with Gasteiger partial charge in [0.2, 0.25) is 5.95 Å². The number of hydrogen-bond donors (Lipinski definition) is 0. The molecule has 6 nitrogen and oxygen atoms in total. The molecule has 0 aliphatic heterocycles. The molecular weight excluding hydrogens is 627 g/mol. The highest BCUT2D eigenvalue weighted by Crippen LogP contribution is 2.40. The van der Waals surface area contributed by atoms with Gasteiger partial charge in [0.15, 0.2) is 11.6 Å². The molecular formula is C45H27N5O. The van der Waals surface area contributed by atoms with Crippen LogP contribution in [0.4, 0.5) is 0 Å². The number of benzene rings is 7. The Morgan fingerprint density at radius 1 is 0.451 bits per heavy atom. The Bertz CT molecular complexity index is 3490. The first-order chi connectivity index (χ1) is 27.7. The lowest BCUT2D eigenvalue weighted by Gasteiger charge is -2.11. The second kappa shape index (κ2) is 10.7. The topological polar surface area (TPSA) is 61.7 Å². The van der Waals surface area contributed by atoms with E-state index in [1.165, 1.54) is 12.1 Å². The molecule has 4 heterocycles. The van der Waals surface area contributed by atoms with Crippen molar-refractivity contribution in [2.24, 2.45) is 0 Å². The maximum Gasteiger partial charge on any atom is 0.238 e. The first kappa shape index (κ1) is 22.6. The third-order valence-electron chi connectivity index (χ3n) is 9.45. The van der Waals surface area contributed by atoms with Crippen molar-refractivity contribution < 1.29 is 12.6 Å². The van der Waals surface area contributed by atoms with Gasteiger partial charge in [-0.2, -0.15) is 9.97 Å². The first-order valence-corrected chi connectivity index (χ1v) is 16.5. The van der Waals surface area contributed by atoms with E-state index in [-0.39, 0.29) is 47.7 Å². The lowest BCUT2D eigenvalue weighted by atomic mass is 10.1. The highest BCUT2D eigenvalue weighted by atomic mass is 16.3. The van der Waals surface area contributed by atoms with Crippen LogP contribution in [0.2, 0.25) is 0 Å². The van der Waals surface area contributed by atoms with Gasteiger partial charge in [-0.1, -0.05) is 109 Å². The Morgan fingerprint density at radius 3 is 1.80 bits per heavy atom. The van der Waals surface area contributed by atoms with Gasteiger partial charge >= 0.3 is 0 Å². The third-order valence-corrected chi connectivity index (χ3v) is 9.45. The minimum absolute atomic E-state index is 0.00165. The van der Waals surface area contributed by atoms with Crippen LogP contribution in [-0.2, 0) is 0 Å². The molecule has 0 unspecified atom stereocenters. The lowest BCUT2D eigenvalue weighted by Crippen LogP contribution is -2.06. The van der Waals surface area contributed by atoms with Crippen molar-refractivity contribution in [3.05, 3.63) is 164 Å². The number of nitrogens with zero attached hydrogens (tertiary/aromatic N) is 5. The molecule has 0 saturated heterocycles. The average Bonchev–Trinajstić information content (AvgIpc) is 3.89. The minimum Gasteiger partial charge on any atom is -0.456 e. The van der Waals surface area contributed by atoms with E-state index < -0.39 is 0 Å². The molecule has 238 valence electrons. The van der Waals surface area contributed by atoms with Gasteiger partial charge in [-0.25, -0.2) is 4.98 Å². The molecule has 0 aliphatic rings. The van der Waals surface area contributed by atoms with Crippen molar-refractivity contribution in [3.8, 4) is 34.4 Å². The van der Waals surface area contributed by atoms with Gasteiger partial charge in [-0.05, 0) is 54.5 Å². The first-order valence-electron chi connectivity index (χ1n) is 19.5. The molecule has 7 aromatic carbocycles. The van der Waals surface area contributed by atoms with Crippen LogP contribution in [0.3, 0.4) is 0 Å². The van der Waals surface area contributed by atoms with Crippen LogP contribution in [0.25, 0.3) is 100.0 Å². The number of para-hydroxylation sites is 4. The standard InChI is InChI=1S/C45H27N5O/c1-3-13-28(14-4-1)43-46-44(29-23-24-34-33-19-9-12-22-41(33)51-42(34)25-29)48-45(47-43)50-38-21-11-8-18-32(38)36-26-39-35(27-40(36)50)31-17-7-10-20-37(31)49(39)30-15-5-2-6-16-30/h1-27H/i7D,8D,20D,21D,26D,27D. The molecule has 11 aromatic rings. The summed E-state index contributed by atoms with van der Waals surface area (Å²) in [7, 11) is 0. The highest BCUT2D eigenvalue weighted by molar-refractivity contribution is 6.19. The smallest absolute Gasteiger partial charge is 0.238 e. The summed E-state index contributed by atoms with van der Waals surface area (Å²) in [6.07, 6.45) is 0. The van der Waals surface area contributed by atoms with Crippen molar-refractivity contribution in [1.29, 1.82) is 0 Å². The van der Waals surface area contributed by atoms with Gasteiger partial charge in [0.25, 0.3) is 0 Å². The van der Waals surface area contributed by atoms with Crippen LogP contribution in [0, 0.1) is 0 Å². The molecule has 0 spiro atoms. The third kappa shape index (κ3) is 4.20. The zero-order chi connectivity index (χ0) is 38.7. The van der Waals surface area contributed by atoms with E-state index in [1.807, 2.05) is 108 Å². The molecule has 11 rings (SSSR count). The van der Waals surface area contributed by atoms with Crippen LogP contribution in [0.1, 0.15) is 8.22 Å². The van der Waals surface area contributed by atoms with Crippen LogP contribution in [0.5, 0.6) is 0 Å². The molecule has 0 aliphatic carbocycles. The molecule has 51 heavy (non-hydrogen) atoms. The Labute approximate surface area is 299 Å². The predicted octanol–water partition coefficient (Wildman–Crippen LogP) is 11.3. The largest absolute Gasteiger partial charge is 0.456 e. The van der Waals surface area contributed by atoms with Crippen LogP contribution in [0.15, 0.2) is 168 Å². The summed E-state index contributed by atoms with van der Waals surface area (Å²) in [6, 6.07) is 39.0. The number of rotatable bonds is 4. The molecule has 0 radical (unpaired) electrons. The molecule has 0 fully saturated rings. The fourth-order valence-electron chi connectivity index (χ4n) is 7.15. The zero-order valence-corrected chi connectivity index (χ0v) is 26.8. The summed E-state index contributed by atoms with van der Waals surface area (Å²) in [5.41, 5.74) is 4.95. The molecule has 0 saturated carbocycles. The van der Waals surface area contributed by atoms with Gasteiger partial charge in [0.1, 0.15) is 11.2 Å². The summed E-state index contributed by atoms with van der Waals surface area (Å²) in [4.78, 5) is 15.0. The number of fused-ring (bicyclic) bond motifs is 9. The predicted molar refractivity (Wildman–Crippen MR) is 207 cm³/mol. The van der Waals surface area contributed by atoms with Gasteiger partial charge < -0.3 is 8.98 Å². The molecule has 6 heteroatoms. The summed E-state index contributed by atoms with van der Waals surface area (Å²) < 4.78 is 65.2. The fourth-order valence-corrected chi connectivity index (χ4v) is 7.15. The Kier molecular flexibility index (Phi) is 4.74. The second-order valence-electron chi connectivity index (χ2n) is 12.4. The SMILES string of the molecule is [2H]c1cc([2H])c2c(c1)c1c([2H])c3c(c([2H])c1n2-c1ccccc1)c1cc([2H])cc([2H])c1n3-c1nc(-c2ccccc2)nc(-c2ccc3c(c2)oc2ccccc23)n1. The summed E-state index contributed by atoms with van der Waals surface area (Å²) in [5.74, 6) is 0.809. The van der Waals surface area contributed by atoms with Crippen molar-refractivity contribution >= 4 is 65.6 Å². The molecule has 0 bridgehead atoms. The van der Waals surface area contributed by atoms with E-state index in [2.05, 4.69) is 0 Å². The normalized spacial score (nSPS) is 13.6. The second-order valence-corrected chi connectivity index (χ2v) is 12.4. The maximum atomic E-state index is 10.0. The quantitative estimate of drug-likeness (QED) is 0.189. The van der Waals surface area contributed by atoms with Crippen molar-refractivity contribution in [2.45, 2.75) is 0 Å². The van der Waals surface area contributed by atoms with Gasteiger partial charge in [-0.15, -0.1) is 0 Å². The van der Waals surface area contributed by atoms with E-state index in [4.69, 9.17) is 23.5 Å². The van der Waals surface area contributed by atoms with E-state index in [0.717, 1.165) is 21.9 Å². The molecule has 0 N–H and O–H groups in total. The Balaban J connectivity index is 1.29. The van der Waals surface area contributed by atoms with Crippen molar-refractivity contribution in [3.63, 3.8) is 0 Å². The summed E-state index contributed by atoms with van der Waals surface area (Å²) >= 11 is 0. The van der Waals surface area contributed by atoms with Gasteiger partial charge in [0.05, 0.1) is 30.3 Å². The summed E-state index contributed by atoms with van der Waals surface area (Å²) in [6.45, 7) is 0. The fraction of sp³-hybridized carbons (Fsp3) is 0. The highest BCUT2D eigenvalue weighted by Gasteiger charge is 2.21. The van der Waals surface area contributed by atoms with Gasteiger partial charge in [-0.3, -0.25) is 4.57 Å². The zero-order valence-electron chi connectivity index (χ0n) is 32.8. The number of aromatic nitrogens is 5. The summed E-state index contributed by atoms with van der Waals surface area (Å²) in [5, 5.41) is 3.57. The van der Waals surface area contributed by atoms with E-state index in [0.29, 0.717) is 66.6 Å². The number of hydrogen-bond acceptors (Lipinski definition) is 4. The molecule has 4 aromatic heterocycles. The van der Waals surface area contributed by atoms with E-state index >= 15 is 0 Å². The number of furan rings is 1. The van der Waals surface area contributed by atoms with E-state index in [1.54, 1.807) is 16.7 Å². The van der Waals surface area contributed by atoms with E-state index in [9.17, 15) is 4.11 Å². The van der Waals surface area contributed by atoms with Crippen LogP contribution >= 0.6 is 0 Å². The maximum absolute atomic E-state index is 10.0. The van der Waals surface area contributed by atoms with Gasteiger partial charge in [0, 0.05) is 49.1 Å². The molecule has 0 atom stereocenters. The minimum atomic E-state index is 0.00165. The van der Waals surface area contributed by atoms with Crippen molar-refractivity contribution in [1.82, 2.24) is 24.1 Å². The van der Waals surface area contributed by atoms with Crippen LogP contribution < -0.4 is 0 Å². The molecule has 0 amide bonds. The average molecular weight is 660 g/mol. The van der Waals surface area contributed by atoms with Crippen LogP contribution in [-0.4, -0.2) is 24.1 Å². The monoisotopic (exact) mass is 659 g/mol. The lowest BCUT2D eigenvalue weighted by molar-refractivity contribution is 0.669. The Hall–Kier alpha value is -7.05. The Morgan fingerprint density at radius 2 is 1.06 bits per heavy atom. The van der Waals surface area contributed by atoms with Crippen molar-refractivity contribution in [2.75, 3.05) is 0 Å².